The van der Waals surface area contributed by atoms with E-state index in [1.165, 1.54) is 19.9 Å². The number of nitrogens with zero attached hydrogens (tertiary/aromatic N) is 1. The van der Waals surface area contributed by atoms with Crippen LogP contribution in [0.5, 0.6) is 17.2 Å². The van der Waals surface area contributed by atoms with Crippen LogP contribution in [0.4, 0.5) is 0 Å². The van der Waals surface area contributed by atoms with Gasteiger partial charge in [-0.15, -0.1) is 0 Å². The van der Waals surface area contributed by atoms with Gasteiger partial charge < -0.3 is 25.3 Å². The number of carbonyl (C=O) groups is 3. The minimum absolute atomic E-state index is 0.000422. The highest BCUT2D eigenvalue weighted by Crippen LogP contribution is 2.57. The maximum atomic E-state index is 14.1. The van der Waals surface area contributed by atoms with E-state index >= 15 is 0 Å². The van der Waals surface area contributed by atoms with E-state index in [4.69, 9.17) is 9.72 Å². The first kappa shape index (κ1) is 25.3. The molecular weight excluding hydrogens is 486 g/mol. The summed E-state index contributed by atoms with van der Waals surface area (Å²) in [4.78, 5) is 47.7. The molecule has 2 heterocycles. The summed E-state index contributed by atoms with van der Waals surface area (Å²) in [6.45, 7) is 9.92. The summed E-state index contributed by atoms with van der Waals surface area (Å²) < 4.78 is 5.83. The number of aromatic amines is 1. The number of benzene rings is 2. The molecule has 5 rings (SSSR count). The Balaban J connectivity index is 1.63. The van der Waals surface area contributed by atoms with Gasteiger partial charge in [0.1, 0.15) is 39.8 Å². The Bertz CT molecular complexity index is 1590. The molecule has 3 aromatic rings. The maximum Gasteiger partial charge on any atom is 0.194 e. The van der Waals surface area contributed by atoms with Crippen LogP contribution in [0.3, 0.4) is 0 Å². The van der Waals surface area contributed by atoms with Gasteiger partial charge in [0.25, 0.3) is 0 Å². The number of nitrogens with one attached hydrogen (secondary N) is 2. The lowest BCUT2D eigenvalue weighted by molar-refractivity contribution is -0.123. The average Bonchev–Trinajstić information content (AvgIpc) is 3.40. The summed E-state index contributed by atoms with van der Waals surface area (Å²) in [5.74, 6) is -1.81. The number of aromatic hydroxyl groups is 2. The molecule has 9 nitrogen and oxygen atoms in total. The van der Waals surface area contributed by atoms with Gasteiger partial charge in [0, 0.05) is 17.3 Å². The van der Waals surface area contributed by atoms with E-state index in [9.17, 15) is 24.6 Å². The third-order valence-electron chi connectivity index (χ3n) is 7.50. The zero-order chi connectivity index (χ0) is 27.7. The number of phenols is 2. The van der Waals surface area contributed by atoms with E-state index in [0.29, 0.717) is 11.5 Å². The second kappa shape index (κ2) is 8.58. The van der Waals surface area contributed by atoms with Gasteiger partial charge in [-0.05, 0) is 45.7 Å². The highest BCUT2D eigenvalue weighted by molar-refractivity contribution is 6.31. The first-order valence-corrected chi connectivity index (χ1v) is 12.4. The van der Waals surface area contributed by atoms with E-state index in [2.05, 4.69) is 10.3 Å². The maximum absolute atomic E-state index is 14.1. The number of allylic oxidation sites excluding steroid dienone is 4. The van der Waals surface area contributed by atoms with Crippen LogP contribution in [-0.4, -0.2) is 37.5 Å². The third-order valence-corrected chi connectivity index (χ3v) is 7.50. The van der Waals surface area contributed by atoms with Crippen molar-refractivity contribution in [2.45, 2.75) is 53.0 Å². The number of aromatic nitrogens is 2. The highest BCUT2D eigenvalue weighted by Gasteiger charge is 2.56. The number of phenolic OH excluding ortho intramolecular Hbond substituents is 2. The Hall–Kier alpha value is -4.40. The fourth-order valence-electron chi connectivity index (χ4n) is 5.34. The zero-order valence-electron chi connectivity index (χ0n) is 22.0. The molecule has 0 fully saturated rings. The summed E-state index contributed by atoms with van der Waals surface area (Å²) in [5, 5.41) is 24.9. The average molecular weight is 516 g/mol. The quantitative estimate of drug-likeness (QED) is 0.222. The molecule has 0 bridgehead atoms. The fraction of sp³-hybridized carbons (Fsp3) is 0.310. The molecule has 2 aromatic carbocycles. The van der Waals surface area contributed by atoms with Gasteiger partial charge in [0.2, 0.25) is 0 Å². The van der Waals surface area contributed by atoms with Crippen LogP contribution in [0.15, 0.2) is 47.4 Å². The van der Waals surface area contributed by atoms with Crippen molar-refractivity contribution in [3.05, 3.63) is 69.9 Å². The van der Waals surface area contributed by atoms with Gasteiger partial charge in [0.15, 0.2) is 17.3 Å². The molecule has 2 aliphatic rings. The number of ketones is 3. The van der Waals surface area contributed by atoms with Gasteiger partial charge in [-0.2, -0.15) is 0 Å². The third kappa shape index (κ3) is 3.45. The molecule has 2 atom stereocenters. The van der Waals surface area contributed by atoms with E-state index < -0.39 is 28.5 Å². The molecule has 1 aliphatic heterocycles. The molecule has 0 saturated heterocycles. The SMILES string of the molecule is CC(=O)c1c(O)c(C)c(O)c2c1OC1=CC(=O)/C(=C(/C)N[C@@H](c3nc4ccccc4[nH]3)C(C)C)C(=O)[C@]12C. The van der Waals surface area contributed by atoms with Gasteiger partial charge >= 0.3 is 0 Å². The molecule has 0 saturated carbocycles. The van der Waals surface area contributed by atoms with Crippen LogP contribution in [-0.2, 0) is 15.0 Å². The molecule has 0 spiro atoms. The number of hydrogen-bond acceptors (Lipinski definition) is 8. The first-order valence-electron chi connectivity index (χ1n) is 12.4. The van der Waals surface area contributed by atoms with Crippen LogP contribution in [0.25, 0.3) is 11.0 Å². The van der Waals surface area contributed by atoms with Crippen molar-refractivity contribution < 1.29 is 29.3 Å². The monoisotopic (exact) mass is 515 g/mol. The number of Topliss-reactive ketones (excluding diaryl/α,β-unsaturated/α-hetero) is 2. The van der Waals surface area contributed by atoms with Gasteiger partial charge in [-0.25, -0.2) is 4.98 Å². The molecule has 38 heavy (non-hydrogen) atoms. The van der Waals surface area contributed by atoms with Crippen molar-refractivity contribution in [1.29, 1.82) is 0 Å². The van der Waals surface area contributed by atoms with Crippen molar-refractivity contribution in [3.8, 4) is 17.2 Å². The molecule has 1 aliphatic carbocycles. The molecular formula is C29H29N3O6. The molecule has 1 aromatic heterocycles. The Morgan fingerprint density at radius 1 is 1.13 bits per heavy atom. The molecule has 4 N–H and O–H groups in total. The standard InChI is InChI=1S/C29H29N3O6/c1-12(2)23(28-31-16-9-7-8-10-17(16)32-28)30-14(4)20-18(34)11-19-29(6,27(20)37)22-25(36)13(3)24(35)21(15(5)33)26(22)38-19/h7-12,23,30,35-36H,1-6H3,(H,31,32)/b20-14+/t23-,29-/m1/s1. The summed E-state index contributed by atoms with van der Waals surface area (Å²) in [7, 11) is 0. The zero-order valence-corrected chi connectivity index (χ0v) is 22.0. The van der Waals surface area contributed by atoms with Crippen LogP contribution < -0.4 is 10.1 Å². The number of hydrogen-bond donors (Lipinski definition) is 4. The molecule has 196 valence electrons. The summed E-state index contributed by atoms with van der Waals surface area (Å²) in [6, 6.07) is 7.30. The normalized spacial score (nSPS) is 20.7. The number of para-hydroxylation sites is 2. The number of imidazole rings is 1. The van der Waals surface area contributed by atoms with Crippen LogP contribution in [0.2, 0.25) is 0 Å². The summed E-state index contributed by atoms with van der Waals surface area (Å²) in [6.07, 6.45) is 1.21. The predicted octanol–water partition coefficient (Wildman–Crippen LogP) is 4.43. The van der Waals surface area contributed by atoms with E-state index in [1.54, 1.807) is 13.8 Å². The minimum Gasteiger partial charge on any atom is -0.507 e. The van der Waals surface area contributed by atoms with E-state index in [0.717, 1.165) is 11.0 Å². The van der Waals surface area contributed by atoms with Crippen molar-refractivity contribution in [2.24, 2.45) is 5.92 Å². The first-order chi connectivity index (χ1) is 17.9. The lowest BCUT2D eigenvalue weighted by Crippen LogP contribution is -2.41. The lowest BCUT2D eigenvalue weighted by Gasteiger charge is -2.30. The van der Waals surface area contributed by atoms with Gasteiger partial charge in [-0.1, -0.05) is 26.0 Å². The number of fused-ring (bicyclic) bond motifs is 4. The van der Waals surface area contributed by atoms with Crippen molar-refractivity contribution >= 4 is 28.4 Å². The van der Waals surface area contributed by atoms with Gasteiger partial charge in [0.05, 0.1) is 28.2 Å². The minimum atomic E-state index is -1.57. The summed E-state index contributed by atoms with van der Waals surface area (Å²) in [5.41, 5.74) is 0.355. The van der Waals surface area contributed by atoms with Crippen molar-refractivity contribution in [2.75, 3.05) is 0 Å². The Kier molecular flexibility index (Phi) is 5.70. The number of ether oxygens (including phenoxy) is 1. The summed E-state index contributed by atoms with van der Waals surface area (Å²) >= 11 is 0. The predicted molar refractivity (Wildman–Crippen MR) is 140 cm³/mol. The molecule has 0 radical (unpaired) electrons. The molecule has 9 heteroatoms. The van der Waals surface area contributed by atoms with Crippen LogP contribution in [0, 0.1) is 12.8 Å². The molecule has 0 unspecified atom stereocenters. The van der Waals surface area contributed by atoms with E-state index in [1.807, 2.05) is 38.1 Å². The Morgan fingerprint density at radius 2 is 1.82 bits per heavy atom. The Morgan fingerprint density at radius 3 is 2.45 bits per heavy atom. The molecule has 0 amide bonds. The van der Waals surface area contributed by atoms with Gasteiger partial charge in [-0.3, -0.25) is 14.4 Å². The number of carbonyl (C=O) groups excluding carboxylic acids is 3. The van der Waals surface area contributed by atoms with Crippen molar-refractivity contribution in [3.63, 3.8) is 0 Å². The Labute approximate surface area is 219 Å². The van der Waals surface area contributed by atoms with E-state index in [-0.39, 0.29) is 51.5 Å². The second-order valence-corrected chi connectivity index (χ2v) is 10.4. The highest BCUT2D eigenvalue weighted by atomic mass is 16.5. The number of rotatable bonds is 5. The van der Waals surface area contributed by atoms with Crippen LogP contribution in [0.1, 0.15) is 68.0 Å². The largest absolute Gasteiger partial charge is 0.507 e. The fourth-order valence-corrected chi connectivity index (χ4v) is 5.34. The topological polar surface area (TPSA) is 142 Å². The van der Waals surface area contributed by atoms with Crippen LogP contribution >= 0.6 is 0 Å². The number of H-pyrrole nitrogens is 1. The smallest absolute Gasteiger partial charge is 0.194 e. The second-order valence-electron chi connectivity index (χ2n) is 10.4. The lowest BCUT2D eigenvalue weighted by atomic mass is 9.70. The van der Waals surface area contributed by atoms with Crippen molar-refractivity contribution in [1.82, 2.24) is 15.3 Å².